The van der Waals surface area contributed by atoms with Crippen molar-refractivity contribution < 1.29 is 18.4 Å². The van der Waals surface area contributed by atoms with Crippen LogP contribution < -0.4 is 5.32 Å². The smallest absolute Gasteiger partial charge is 0.251 e. The predicted molar refractivity (Wildman–Crippen MR) is 79.6 cm³/mol. The fourth-order valence-corrected chi connectivity index (χ4v) is 1.81. The molecule has 5 heteroatoms. The van der Waals surface area contributed by atoms with Crippen molar-refractivity contribution in [3.63, 3.8) is 0 Å². The second-order valence-electron chi connectivity index (χ2n) is 4.53. The Kier molecular flexibility index (Phi) is 4.78. The van der Waals surface area contributed by atoms with E-state index in [0.29, 0.717) is 11.1 Å². The maximum atomic E-state index is 13.1. The molecule has 1 amide bonds. The molecule has 0 aliphatic rings. The molecular formula is C17H13F2NO2. The summed E-state index contributed by atoms with van der Waals surface area (Å²) < 4.78 is 25.9. The van der Waals surface area contributed by atoms with Gasteiger partial charge in [-0.2, -0.15) is 0 Å². The number of benzene rings is 2. The highest BCUT2D eigenvalue weighted by atomic mass is 19.2. The van der Waals surface area contributed by atoms with Crippen molar-refractivity contribution >= 4 is 17.8 Å². The van der Waals surface area contributed by atoms with E-state index < -0.39 is 17.4 Å². The Balaban J connectivity index is 2.12. The van der Waals surface area contributed by atoms with Crippen LogP contribution in [0.1, 0.15) is 26.3 Å². The molecule has 0 atom stereocenters. The summed E-state index contributed by atoms with van der Waals surface area (Å²) in [5, 5.41) is 2.51. The molecule has 2 aromatic carbocycles. The number of carbonyl (C=O) groups excluding carboxylic acids is 2. The Bertz CT molecular complexity index is 737. The lowest BCUT2D eigenvalue weighted by Gasteiger charge is -2.00. The van der Waals surface area contributed by atoms with Crippen molar-refractivity contribution in [3.8, 4) is 0 Å². The lowest BCUT2D eigenvalue weighted by molar-refractivity contribution is 0.0962. The Morgan fingerprint density at radius 3 is 2.18 bits per heavy atom. The van der Waals surface area contributed by atoms with E-state index in [1.807, 2.05) is 0 Å². The monoisotopic (exact) mass is 301 g/mol. The maximum Gasteiger partial charge on any atom is 0.251 e. The molecule has 0 aromatic heterocycles. The largest absolute Gasteiger partial charge is 0.355 e. The van der Waals surface area contributed by atoms with E-state index in [2.05, 4.69) is 5.32 Å². The van der Waals surface area contributed by atoms with Crippen LogP contribution in [0.15, 0.2) is 48.5 Å². The van der Waals surface area contributed by atoms with Gasteiger partial charge in [0.15, 0.2) is 17.4 Å². The van der Waals surface area contributed by atoms with Crippen LogP contribution >= 0.6 is 0 Å². The quantitative estimate of drug-likeness (QED) is 0.696. The van der Waals surface area contributed by atoms with Crippen molar-refractivity contribution in [2.75, 3.05) is 7.05 Å². The second kappa shape index (κ2) is 6.76. The number of hydrogen-bond acceptors (Lipinski definition) is 2. The minimum Gasteiger partial charge on any atom is -0.355 e. The Labute approximate surface area is 126 Å². The summed E-state index contributed by atoms with van der Waals surface area (Å²) in [7, 11) is 1.54. The lowest BCUT2D eigenvalue weighted by atomic mass is 10.1. The number of halogens is 2. The van der Waals surface area contributed by atoms with Crippen molar-refractivity contribution in [2.24, 2.45) is 0 Å². The van der Waals surface area contributed by atoms with Gasteiger partial charge in [0.25, 0.3) is 5.91 Å². The first-order valence-corrected chi connectivity index (χ1v) is 6.51. The zero-order chi connectivity index (χ0) is 16.1. The van der Waals surface area contributed by atoms with Crippen molar-refractivity contribution in [3.05, 3.63) is 76.9 Å². The lowest BCUT2D eigenvalue weighted by Crippen LogP contribution is -2.17. The van der Waals surface area contributed by atoms with Gasteiger partial charge in [-0.3, -0.25) is 9.59 Å². The van der Waals surface area contributed by atoms with Gasteiger partial charge in [0.2, 0.25) is 0 Å². The van der Waals surface area contributed by atoms with Gasteiger partial charge < -0.3 is 5.32 Å². The molecule has 0 spiro atoms. The average Bonchev–Trinajstić information content (AvgIpc) is 2.54. The Hall–Kier alpha value is -2.82. The molecule has 0 aliphatic carbocycles. The Morgan fingerprint density at radius 2 is 1.59 bits per heavy atom. The van der Waals surface area contributed by atoms with Crippen LogP contribution in [0.4, 0.5) is 8.78 Å². The van der Waals surface area contributed by atoms with Crippen LogP contribution in [-0.2, 0) is 0 Å². The average molecular weight is 301 g/mol. The third kappa shape index (κ3) is 3.63. The molecule has 0 unspecified atom stereocenters. The Morgan fingerprint density at radius 1 is 0.955 bits per heavy atom. The third-order valence-corrected chi connectivity index (χ3v) is 3.03. The van der Waals surface area contributed by atoms with Gasteiger partial charge in [0.1, 0.15) is 0 Å². The second-order valence-corrected chi connectivity index (χ2v) is 4.53. The van der Waals surface area contributed by atoms with Crippen LogP contribution in [0, 0.1) is 11.6 Å². The van der Waals surface area contributed by atoms with Gasteiger partial charge in [-0.25, -0.2) is 8.78 Å². The summed E-state index contributed by atoms with van der Waals surface area (Å²) in [4.78, 5) is 23.2. The summed E-state index contributed by atoms with van der Waals surface area (Å²) >= 11 is 0. The molecular weight excluding hydrogens is 288 g/mol. The SMILES string of the molecule is CNC(=O)c1ccc(/C=C/C(=O)c2ccc(F)c(F)c2)cc1. The summed E-state index contributed by atoms with van der Waals surface area (Å²) in [5.41, 5.74) is 1.28. The van der Waals surface area contributed by atoms with Gasteiger partial charge in [-0.1, -0.05) is 18.2 Å². The van der Waals surface area contributed by atoms with E-state index in [4.69, 9.17) is 0 Å². The highest BCUT2D eigenvalue weighted by molar-refractivity contribution is 6.06. The fraction of sp³-hybridized carbons (Fsp3) is 0.0588. The molecule has 3 nitrogen and oxygen atoms in total. The molecule has 0 saturated carbocycles. The molecule has 2 aromatic rings. The van der Waals surface area contributed by atoms with Gasteiger partial charge in [-0.15, -0.1) is 0 Å². The first-order chi connectivity index (χ1) is 10.5. The summed E-state index contributed by atoms with van der Waals surface area (Å²) in [6.07, 6.45) is 2.80. The first-order valence-electron chi connectivity index (χ1n) is 6.51. The maximum absolute atomic E-state index is 13.1. The first kappa shape index (κ1) is 15.6. The fourth-order valence-electron chi connectivity index (χ4n) is 1.81. The van der Waals surface area contributed by atoms with Crippen molar-refractivity contribution in [1.82, 2.24) is 5.32 Å². The number of nitrogens with one attached hydrogen (secondary N) is 1. The van der Waals surface area contributed by atoms with Crippen LogP contribution in [0.2, 0.25) is 0 Å². The van der Waals surface area contributed by atoms with E-state index in [1.165, 1.54) is 25.3 Å². The van der Waals surface area contributed by atoms with Gasteiger partial charge in [0.05, 0.1) is 0 Å². The van der Waals surface area contributed by atoms with Crippen molar-refractivity contribution in [2.45, 2.75) is 0 Å². The zero-order valence-electron chi connectivity index (χ0n) is 11.8. The number of hydrogen-bond donors (Lipinski definition) is 1. The molecule has 0 bridgehead atoms. The normalized spacial score (nSPS) is 10.7. The van der Waals surface area contributed by atoms with Crippen LogP contribution in [0.25, 0.3) is 6.08 Å². The topological polar surface area (TPSA) is 46.2 Å². The van der Waals surface area contributed by atoms with Gasteiger partial charge in [-0.05, 0) is 42.0 Å². The van der Waals surface area contributed by atoms with Crippen LogP contribution in [-0.4, -0.2) is 18.7 Å². The molecule has 0 heterocycles. The zero-order valence-corrected chi connectivity index (χ0v) is 11.8. The molecule has 1 N–H and O–H groups in total. The number of rotatable bonds is 4. The van der Waals surface area contributed by atoms with Crippen LogP contribution in [0.3, 0.4) is 0 Å². The number of amides is 1. The number of allylic oxidation sites excluding steroid dienone is 1. The highest BCUT2D eigenvalue weighted by Gasteiger charge is 2.07. The van der Waals surface area contributed by atoms with E-state index in [1.54, 1.807) is 24.3 Å². The molecule has 0 saturated heterocycles. The predicted octanol–water partition coefficient (Wildman–Crippen LogP) is 3.22. The molecule has 112 valence electrons. The minimum absolute atomic E-state index is 0.0668. The molecule has 0 radical (unpaired) electrons. The summed E-state index contributed by atoms with van der Waals surface area (Å²) in [6, 6.07) is 9.60. The van der Waals surface area contributed by atoms with Gasteiger partial charge in [0, 0.05) is 18.2 Å². The van der Waals surface area contributed by atoms with E-state index in [9.17, 15) is 18.4 Å². The summed E-state index contributed by atoms with van der Waals surface area (Å²) in [6.45, 7) is 0. The summed E-state index contributed by atoms with van der Waals surface area (Å²) in [5.74, 6) is -2.69. The van der Waals surface area contributed by atoms with E-state index in [0.717, 1.165) is 12.1 Å². The molecule has 22 heavy (non-hydrogen) atoms. The van der Waals surface area contributed by atoms with Crippen LogP contribution in [0.5, 0.6) is 0 Å². The van der Waals surface area contributed by atoms with E-state index in [-0.39, 0.29) is 11.5 Å². The molecule has 0 aliphatic heterocycles. The number of ketones is 1. The van der Waals surface area contributed by atoms with Gasteiger partial charge >= 0.3 is 0 Å². The standard InChI is InChI=1S/C17H13F2NO2/c1-20-17(22)12-5-2-11(3-6-12)4-9-16(21)13-7-8-14(18)15(19)10-13/h2-10H,1H3,(H,20,22)/b9-4+. The molecule has 2 rings (SSSR count). The molecule has 0 fully saturated rings. The van der Waals surface area contributed by atoms with E-state index >= 15 is 0 Å². The third-order valence-electron chi connectivity index (χ3n) is 3.03. The highest BCUT2D eigenvalue weighted by Crippen LogP contribution is 2.11. The number of carbonyl (C=O) groups is 2. The van der Waals surface area contributed by atoms with Crippen molar-refractivity contribution in [1.29, 1.82) is 0 Å². The minimum atomic E-state index is -1.06.